The number of hydrogen-bond acceptors (Lipinski definition) is 4. The average Bonchev–Trinajstić information content (AvgIpc) is 2.54. The summed E-state index contributed by atoms with van der Waals surface area (Å²) in [6.45, 7) is 14.0. The maximum atomic E-state index is 12.1. The summed E-state index contributed by atoms with van der Waals surface area (Å²) in [5.74, 6) is 2.66. The van der Waals surface area contributed by atoms with Crippen molar-refractivity contribution in [3.05, 3.63) is 0 Å². The van der Waals surface area contributed by atoms with Crippen LogP contribution in [0.3, 0.4) is 0 Å². The summed E-state index contributed by atoms with van der Waals surface area (Å²) in [7, 11) is 0. The molecule has 0 aromatic carbocycles. The lowest BCUT2D eigenvalue weighted by atomic mass is 10.1. The van der Waals surface area contributed by atoms with Crippen LogP contribution in [0.1, 0.15) is 13.8 Å². The molecular weight excluding hydrogens is 284 g/mol. The second-order valence-electron chi connectivity index (χ2n) is 6.13. The highest BCUT2D eigenvalue weighted by Gasteiger charge is 2.19. The van der Waals surface area contributed by atoms with Crippen LogP contribution >= 0.6 is 11.8 Å². The SMILES string of the molecule is CCN1CCN(CC(C)CNC(=O)N2CCSCC2)CC1. The number of amides is 2. The van der Waals surface area contributed by atoms with E-state index in [0.717, 1.165) is 57.3 Å². The van der Waals surface area contributed by atoms with Crippen molar-refractivity contribution in [2.45, 2.75) is 13.8 Å². The van der Waals surface area contributed by atoms with Crippen LogP contribution in [0.5, 0.6) is 0 Å². The molecular formula is C15H30N4OS. The molecule has 2 aliphatic heterocycles. The molecule has 0 bridgehead atoms. The molecule has 6 heteroatoms. The third kappa shape index (κ3) is 5.68. The Hall–Kier alpha value is -0.460. The van der Waals surface area contributed by atoms with Crippen molar-refractivity contribution in [3.63, 3.8) is 0 Å². The number of nitrogens with one attached hydrogen (secondary N) is 1. The zero-order valence-corrected chi connectivity index (χ0v) is 14.3. The van der Waals surface area contributed by atoms with Gasteiger partial charge < -0.3 is 20.0 Å². The molecule has 0 radical (unpaired) electrons. The van der Waals surface area contributed by atoms with Crippen molar-refractivity contribution in [1.29, 1.82) is 0 Å². The molecule has 1 N–H and O–H groups in total. The number of carbonyl (C=O) groups excluding carboxylic acids is 1. The van der Waals surface area contributed by atoms with Crippen LogP contribution in [0.2, 0.25) is 0 Å². The van der Waals surface area contributed by atoms with Crippen LogP contribution in [0.4, 0.5) is 4.79 Å². The summed E-state index contributed by atoms with van der Waals surface area (Å²) >= 11 is 1.93. The topological polar surface area (TPSA) is 38.8 Å². The summed E-state index contributed by atoms with van der Waals surface area (Å²) in [4.78, 5) is 19.0. The molecule has 2 fully saturated rings. The normalized spacial score (nSPS) is 23.0. The van der Waals surface area contributed by atoms with E-state index in [1.54, 1.807) is 0 Å². The zero-order chi connectivity index (χ0) is 15.1. The number of urea groups is 1. The predicted octanol–water partition coefficient (Wildman–Crippen LogP) is 1.02. The first-order chi connectivity index (χ1) is 10.2. The average molecular weight is 314 g/mol. The lowest BCUT2D eigenvalue weighted by Gasteiger charge is -2.35. The standard InChI is InChI=1S/C15H30N4OS/c1-3-17-4-6-18(7-5-17)13-14(2)12-16-15(20)19-8-10-21-11-9-19/h14H,3-13H2,1-2H3,(H,16,20). The first-order valence-corrected chi connectivity index (χ1v) is 9.39. The molecule has 2 aliphatic rings. The monoisotopic (exact) mass is 314 g/mol. The quantitative estimate of drug-likeness (QED) is 0.822. The van der Waals surface area contributed by atoms with E-state index in [0.29, 0.717) is 5.92 Å². The van der Waals surface area contributed by atoms with Crippen LogP contribution in [0, 0.1) is 5.92 Å². The lowest BCUT2D eigenvalue weighted by molar-refractivity contribution is 0.123. The minimum atomic E-state index is 0.123. The number of piperazine rings is 1. The number of nitrogens with zero attached hydrogens (tertiary/aromatic N) is 3. The Kier molecular flexibility index (Phi) is 7.13. The van der Waals surface area contributed by atoms with Gasteiger partial charge in [0.15, 0.2) is 0 Å². The summed E-state index contributed by atoms with van der Waals surface area (Å²) in [6.07, 6.45) is 0. The number of carbonyl (C=O) groups is 1. The van der Waals surface area contributed by atoms with E-state index >= 15 is 0 Å². The highest BCUT2D eigenvalue weighted by Crippen LogP contribution is 2.09. The fraction of sp³-hybridized carbons (Fsp3) is 0.933. The summed E-state index contributed by atoms with van der Waals surface area (Å²) in [5, 5.41) is 3.10. The van der Waals surface area contributed by atoms with Crippen LogP contribution < -0.4 is 5.32 Å². The minimum absolute atomic E-state index is 0.123. The Bertz CT molecular complexity index is 315. The minimum Gasteiger partial charge on any atom is -0.338 e. The number of likely N-dealkylation sites (N-methyl/N-ethyl adjacent to an activating group) is 1. The Morgan fingerprint density at radius 3 is 2.33 bits per heavy atom. The molecule has 0 aliphatic carbocycles. The van der Waals surface area contributed by atoms with Gasteiger partial charge in [0.25, 0.3) is 0 Å². The molecule has 2 rings (SSSR count). The van der Waals surface area contributed by atoms with Crippen LogP contribution in [0.25, 0.3) is 0 Å². The van der Waals surface area contributed by atoms with E-state index in [1.165, 1.54) is 13.1 Å². The van der Waals surface area contributed by atoms with E-state index in [1.807, 2.05) is 16.7 Å². The molecule has 122 valence electrons. The number of rotatable bonds is 5. The van der Waals surface area contributed by atoms with E-state index in [-0.39, 0.29) is 6.03 Å². The Balaban J connectivity index is 1.61. The molecule has 1 atom stereocenters. The van der Waals surface area contributed by atoms with Gasteiger partial charge in [0.1, 0.15) is 0 Å². The van der Waals surface area contributed by atoms with Gasteiger partial charge in [-0.2, -0.15) is 11.8 Å². The van der Waals surface area contributed by atoms with Gasteiger partial charge in [0, 0.05) is 63.9 Å². The summed E-state index contributed by atoms with van der Waals surface area (Å²) in [6, 6.07) is 0.123. The molecule has 0 saturated carbocycles. The van der Waals surface area contributed by atoms with Gasteiger partial charge in [-0.15, -0.1) is 0 Å². The third-order valence-electron chi connectivity index (χ3n) is 4.38. The van der Waals surface area contributed by atoms with Crippen molar-refractivity contribution in [2.24, 2.45) is 5.92 Å². The number of thioether (sulfide) groups is 1. The molecule has 0 spiro atoms. The molecule has 2 heterocycles. The molecule has 2 amide bonds. The zero-order valence-electron chi connectivity index (χ0n) is 13.5. The molecule has 0 aromatic rings. The van der Waals surface area contributed by atoms with E-state index in [4.69, 9.17) is 0 Å². The smallest absolute Gasteiger partial charge is 0.317 e. The molecule has 21 heavy (non-hydrogen) atoms. The second-order valence-corrected chi connectivity index (χ2v) is 7.35. The summed E-state index contributed by atoms with van der Waals surface area (Å²) < 4.78 is 0. The van der Waals surface area contributed by atoms with Gasteiger partial charge in [-0.25, -0.2) is 4.79 Å². The van der Waals surface area contributed by atoms with Gasteiger partial charge >= 0.3 is 6.03 Å². The predicted molar refractivity (Wildman–Crippen MR) is 90.0 cm³/mol. The fourth-order valence-corrected chi connectivity index (χ4v) is 3.84. The fourth-order valence-electron chi connectivity index (χ4n) is 2.93. The van der Waals surface area contributed by atoms with Gasteiger partial charge in [0.2, 0.25) is 0 Å². The maximum absolute atomic E-state index is 12.1. The maximum Gasteiger partial charge on any atom is 0.317 e. The highest BCUT2D eigenvalue weighted by atomic mass is 32.2. The Morgan fingerprint density at radius 1 is 1.10 bits per heavy atom. The van der Waals surface area contributed by atoms with Crippen molar-refractivity contribution >= 4 is 17.8 Å². The van der Waals surface area contributed by atoms with Gasteiger partial charge in [-0.05, 0) is 12.5 Å². The van der Waals surface area contributed by atoms with E-state index in [2.05, 4.69) is 29.0 Å². The molecule has 0 aromatic heterocycles. The molecule has 1 unspecified atom stereocenters. The van der Waals surface area contributed by atoms with Crippen molar-refractivity contribution < 1.29 is 4.79 Å². The molecule has 5 nitrogen and oxygen atoms in total. The van der Waals surface area contributed by atoms with Crippen LogP contribution in [-0.2, 0) is 0 Å². The van der Waals surface area contributed by atoms with E-state index in [9.17, 15) is 4.79 Å². The Morgan fingerprint density at radius 2 is 1.71 bits per heavy atom. The van der Waals surface area contributed by atoms with E-state index < -0.39 is 0 Å². The van der Waals surface area contributed by atoms with Gasteiger partial charge in [-0.3, -0.25) is 0 Å². The third-order valence-corrected chi connectivity index (χ3v) is 5.32. The first-order valence-electron chi connectivity index (χ1n) is 8.24. The Labute approximate surface area is 133 Å². The van der Waals surface area contributed by atoms with Gasteiger partial charge in [0.05, 0.1) is 0 Å². The highest BCUT2D eigenvalue weighted by molar-refractivity contribution is 7.99. The van der Waals surface area contributed by atoms with Crippen molar-refractivity contribution in [3.8, 4) is 0 Å². The van der Waals surface area contributed by atoms with Gasteiger partial charge in [-0.1, -0.05) is 13.8 Å². The lowest BCUT2D eigenvalue weighted by Crippen LogP contribution is -2.49. The first kappa shape index (κ1) is 16.9. The largest absolute Gasteiger partial charge is 0.338 e. The summed E-state index contributed by atoms with van der Waals surface area (Å²) in [5.41, 5.74) is 0. The second kappa shape index (κ2) is 8.86. The molecule has 2 saturated heterocycles. The van der Waals surface area contributed by atoms with Crippen molar-refractivity contribution in [1.82, 2.24) is 20.0 Å². The van der Waals surface area contributed by atoms with Crippen LogP contribution in [0.15, 0.2) is 0 Å². The number of hydrogen-bond donors (Lipinski definition) is 1. The van der Waals surface area contributed by atoms with Crippen molar-refractivity contribution in [2.75, 3.05) is 70.4 Å². The van der Waals surface area contributed by atoms with Crippen LogP contribution in [-0.4, -0.2) is 91.1 Å².